The van der Waals surface area contributed by atoms with Gasteiger partial charge in [0.25, 0.3) is 0 Å². The summed E-state index contributed by atoms with van der Waals surface area (Å²) in [5.74, 6) is -2.01. The minimum atomic E-state index is -1.04. The zero-order valence-electron chi connectivity index (χ0n) is 19.1. The Balaban J connectivity index is 1.78. The summed E-state index contributed by atoms with van der Waals surface area (Å²) in [4.78, 5) is 29.6. The highest BCUT2D eigenvalue weighted by Crippen LogP contribution is 2.34. The number of aromatic amines is 1. The Kier molecular flexibility index (Phi) is 7.06. The van der Waals surface area contributed by atoms with E-state index in [1.54, 1.807) is 30.3 Å². The molecule has 0 bridgehead atoms. The number of carbonyl (C=O) groups is 2. The number of aliphatic carboxylic acids is 2. The van der Waals surface area contributed by atoms with E-state index in [1.807, 2.05) is 24.3 Å². The maximum atomic E-state index is 14.4. The second kappa shape index (κ2) is 10.5. The number of hydrogen-bond donors (Lipinski definition) is 3. The van der Waals surface area contributed by atoms with Crippen LogP contribution in [0.25, 0.3) is 46.1 Å². The van der Waals surface area contributed by atoms with Crippen molar-refractivity contribution in [3.63, 3.8) is 0 Å². The highest BCUT2D eigenvalue weighted by molar-refractivity contribution is 5.87. The molecular weight excluding hydrogens is 463 g/mol. The minimum absolute atomic E-state index is 0.126. The summed E-state index contributed by atoms with van der Waals surface area (Å²) in [5, 5.41) is 17.7. The molecule has 0 radical (unpaired) electrons. The molecule has 0 fully saturated rings. The monoisotopic (exact) mass is 484 g/mol. The lowest BCUT2D eigenvalue weighted by Gasteiger charge is -2.05. The van der Waals surface area contributed by atoms with Gasteiger partial charge in [0.05, 0.1) is 18.5 Å². The van der Waals surface area contributed by atoms with Crippen LogP contribution in [0.5, 0.6) is 5.75 Å². The van der Waals surface area contributed by atoms with Gasteiger partial charge in [-0.05, 0) is 41.5 Å². The lowest BCUT2D eigenvalue weighted by molar-refractivity contribution is -0.132. The Morgan fingerprint density at radius 3 is 1.86 bits per heavy atom. The predicted molar refractivity (Wildman–Crippen MR) is 135 cm³/mol. The average molecular weight is 484 g/mol. The van der Waals surface area contributed by atoms with Gasteiger partial charge >= 0.3 is 11.9 Å². The molecule has 0 amide bonds. The first-order valence-electron chi connectivity index (χ1n) is 10.8. The molecule has 0 aliphatic heterocycles. The summed E-state index contributed by atoms with van der Waals surface area (Å²) < 4.78 is 19.4. The summed E-state index contributed by atoms with van der Waals surface area (Å²) in [6.45, 7) is 0. The third-order valence-electron chi connectivity index (χ3n) is 5.35. The second-order valence-electron chi connectivity index (χ2n) is 7.75. The van der Waals surface area contributed by atoms with Crippen molar-refractivity contribution in [1.29, 1.82) is 0 Å². The molecule has 180 valence electrons. The summed E-state index contributed by atoms with van der Waals surface area (Å²) in [5.41, 5.74) is 4.82. The molecule has 4 rings (SSSR count). The lowest BCUT2D eigenvalue weighted by Crippen LogP contribution is -1.89. The van der Waals surface area contributed by atoms with Gasteiger partial charge in [0, 0.05) is 28.8 Å². The molecule has 36 heavy (non-hydrogen) atoms. The van der Waals surface area contributed by atoms with E-state index in [0.717, 1.165) is 23.3 Å². The third kappa shape index (κ3) is 5.56. The number of nitrogens with one attached hydrogen (secondary N) is 1. The number of aromatic nitrogens is 2. The topological polar surface area (TPSA) is 113 Å². The summed E-state index contributed by atoms with van der Waals surface area (Å²) in [6.07, 6.45) is 5.11. The number of benzene rings is 3. The number of hydrogen-bond acceptors (Lipinski definition) is 4. The van der Waals surface area contributed by atoms with Crippen LogP contribution in [0.3, 0.4) is 0 Å². The number of carboxylic acid groups (broad SMARTS) is 2. The van der Waals surface area contributed by atoms with Gasteiger partial charge in [-0.25, -0.2) is 19.0 Å². The normalized spacial score (nSPS) is 11.3. The Labute approximate surface area is 205 Å². The van der Waals surface area contributed by atoms with Crippen LogP contribution in [0.1, 0.15) is 11.1 Å². The number of methoxy groups -OCH3 is 1. The fourth-order valence-electron chi connectivity index (χ4n) is 3.59. The van der Waals surface area contributed by atoms with Gasteiger partial charge in [-0.15, -0.1) is 0 Å². The van der Waals surface area contributed by atoms with Crippen molar-refractivity contribution in [2.45, 2.75) is 0 Å². The number of rotatable bonds is 8. The van der Waals surface area contributed by atoms with Gasteiger partial charge in [0.2, 0.25) is 0 Å². The van der Waals surface area contributed by atoms with Crippen LogP contribution in [-0.2, 0) is 9.59 Å². The maximum absolute atomic E-state index is 14.4. The van der Waals surface area contributed by atoms with Gasteiger partial charge in [0.1, 0.15) is 5.82 Å². The lowest BCUT2D eigenvalue weighted by atomic mass is 10.0. The van der Waals surface area contributed by atoms with Gasteiger partial charge < -0.3 is 19.9 Å². The van der Waals surface area contributed by atoms with E-state index in [-0.39, 0.29) is 5.75 Å². The number of H-pyrrole nitrogens is 1. The molecule has 0 saturated carbocycles. The standard InChI is InChI=1S/C28H21FN2O5/c1-36-23-13-12-21(16-22(23)29)28-30-26(19-8-2-17(3-9-19)6-14-24(32)33)27(31-28)20-10-4-18(5-11-20)7-15-25(34)35/h2-16H,1H3,(H,30,31)(H,32,33)(H,34,35). The first-order valence-corrected chi connectivity index (χ1v) is 10.8. The molecule has 4 aromatic rings. The molecule has 7 nitrogen and oxygen atoms in total. The van der Waals surface area contributed by atoms with E-state index >= 15 is 0 Å². The number of halogens is 1. The predicted octanol–water partition coefficient (Wildman–Crippen LogP) is 5.75. The fourth-order valence-corrected chi connectivity index (χ4v) is 3.59. The van der Waals surface area contributed by atoms with E-state index in [4.69, 9.17) is 19.9 Å². The van der Waals surface area contributed by atoms with Gasteiger partial charge in [-0.2, -0.15) is 0 Å². The molecule has 1 aromatic heterocycles. The van der Waals surface area contributed by atoms with Crippen molar-refractivity contribution < 1.29 is 28.9 Å². The van der Waals surface area contributed by atoms with Crippen LogP contribution < -0.4 is 4.74 Å². The van der Waals surface area contributed by atoms with Crippen LogP contribution >= 0.6 is 0 Å². The van der Waals surface area contributed by atoms with Crippen LogP contribution in [0.15, 0.2) is 78.9 Å². The molecule has 8 heteroatoms. The molecule has 3 N–H and O–H groups in total. The Morgan fingerprint density at radius 2 is 1.36 bits per heavy atom. The zero-order chi connectivity index (χ0) is 25.7. The molecule has 1 heterocycles. The largest absolute Gasteiger partial charge is 0.494 e. The van der Waals surface area contributed by atoms with Crippen LogP contribution in [0.4, 0.5) is 4.39 Å². The van der Waals surface area contributed by atoms with Crippen molar-refractivity contribution in [3.8, 4) is 39.7 Å². The van der Waals surface area contributed by atoms with E-state index in [0.29, 0.717) is 33.9 Å². The SMILES string of the molecule is COc1ccc(-c2nc(-c3ccc(C=CC(=O)O)cc3)c(-c3ccc(C=CC(=O)O)cc3)[nH]2)cc1F. The van der Waals surface area contributed by atoms with E-state index in [1.165, 1.54) is 31.4 Å². The average Bonchev–Trinajstić information content (AvgIpc) is 3.32. The van der Waals surface area contributed by atoms with Crippen molar-refractivity contribution in [2.75, 3.05) is 7.11 Å². The van der Waals surface area contributed by atoms with E-state index < -0.39 is 17.8 Å². The molecule has 0 aliphatic rings. The van der Waals surface area contributed by atoms with E-state index in [2.05, 4.69) is 4.98 Å². The minimum Gasteiger partial charge on any atom is -0.494 e. The highest BCUT2D eigenvalue weighted by Gasteiger charge is 2.16. The third-order valence-corrected chi connectivity index (χ3v) is 5.35. The van der Waals surface area contributed by atoms with Crippen molar-refractivity contribution in [2.24, 2.45) is 0 Å². The number of imidazole rings is 1. The zero-order valence-corrected chi connectivity index (χ0v) is 19.1. The second-order valence-corrected chi connectivity index (χ2v) is 7.75. The molecule has 0 unspecified atom stereocenters. The Hall–Kier alpha value is -4.98. The van der Waals surface area contributed by atoms with Crippen molar-refractivity contribution in [3.05, 3.63) is 95.8 Å². The summed E-state index contributed by atoms with van der Waals surface area (Å²) >= 11 is 0. The summed E-state index contributed by atoms with van der Waals surface area (Å²) in [7, 11) is 1.39. The smallest absolute Gasteiger partial charge is 0.328 e. The van der Waals surface area contributed by atoms with Gasteiger partial charge in [0.15, 0.2) is 11.6 Å². The number of ether oxygens (including phenoxy) is 1. The first-order chi connectivity index (χ1) is 17.3. The molecular formula is C28H21FN2O5. The highest BCUT2D eigenvalue weighted by atomic mass is 19.1. The first kappa shape index (κ1) is 24.2. The number of carboxylic acids is 2. The van der Waals surface area contributed by atoms with E-state index in [9.17, 15) is 14.0 Å². The fraction of sp³-hybridized carbons (Fsp3) is 0.0357. The summed E-state index contributed by atoms with van der Waals surface area (Å²) in [6, 6.07) is 19.0. The molecule has 3 aromatic carbocycles. The van der Waals surface area contributed by atoms with Crippen molar-refractivity contribution in [1.82, 2.24) is 9.97 Å². The molecule has 0 saturated heterocycles. The van der Waals surface area contributed by atoms with Gasteiger partial charge in [-0.3, -0.25) is 0 Å². The van der Waals surface area contributed by atoms with Crippen LogP contribution in [-0.4, -0.2) is 39.2 Å². The van der Waals surface area contributed by atoms with Gasteiger partial charge in [-0.1, -0.05) is 48.5 Å². The molecule has 0 aliphatic carbocycles. The number of nitrogens with zero attached hydrogens (tertiary/aromatic N) is 1. The molecule has 0 atom stereocenters. The van der Waals surface area contributed by atoms with Crippen LogP contribution in [0, 0.1) is 5.82 Å². The van der Waals surface area contributed by atoms with Crippen LogP contribution in [0.2, 0.25) is 0 Å². The maximum Gasteiger partial charge on any atom is 0.328 e. The quantitative estimate of drug-likeness (QED) is 0.274. The Morgan fingerprint density at radius 1 is 0.833 bits per heavy atom. The molecule has 0 spiro atoms. The Bertz CT molecular complexity index is 1380. The van der Waals surface area contributed by atoms with Crippen molar-refractivity contribution >= 4 is 24.1 Å².